The van der Waals surface area contributed by atoms with Gasteiger partial charge < -0.3 is 9.47 Å². The SMILES string of the molecule is O=C1OC(=O)c2cc(Oc3ccccc3)ccc21. The monoisotopic (exact) mass is 240 g/mol. The standard InChI is InChI=1S/C14H8O4/c15-13-11-7-6-10(8-12(11)14(16)18-13)17-9-4-2-1-3-5-9/h1-8H. The van der Waals surface area contributed by atoms with Gasteiger partial charge in [0.1, 0.15) is 11.5 Å². The minimum absolute atomic E-state index is 0.244. The van der Waals surface area contributed by atoms with Gasteiger partial charge in [-0.05, 0) is 30.3 Å². The van der Waals surface area contributed by atoms with Crippen LogP contribution in [-0.2, 0) is 4.74 Å². The number of cyclic esters (lactones) is 2. The van der Waals surface area contributed by atoms with Gasteiger partial charge in [0.2, 0.25) is 0 Å². The van der Waals surface area contributed by atoms with Crippen LogP contribution in [0.15, 0.2) is 48.5 Å². The Labute approximate surface area is 103 Å². The summed E-state index contributed by atoms with van der Waals surface area (Å²) in [5.74, 6) is -0.0866. The van der Waals surface area contributed by atoms with Crippen molar-refractivity contribution in [2.45, 2.75) is 0 Å². The fourth-order valence-electron chi connectivity index (χ4n) is 1.75. The molecule has 0 spiro atoms. The topological polar surface area (TPSA) is 52.6 Å². The lowest BCUT2D eigenvalue weighted by molar-refractivity contribution is 0.0443. The molecular formula is C14H8O4. The highest BCUT2D eigenvalue weighted by Gasteiger charge is 2.29. The lowest BCUT2D eigenvalue weighted by Gasteiger charge is -2.05. The number of benzene rings is 2. The molecule has 0 atom stereocenters. The first-order valence-electron chi connectivity index (χ1n) is 5.37. The summed E-state index contributed by atoms with van der Waals surface area (Å²) < 4.78 is 10.1. The third kappa shape index (κ3) is 1.73. The molecule has 0 fully saturated rings. The van der Waals surface area contributed by atoms with E-state index in [-0.39, 0.29) is 11.1 Å². The van der Waals surface area contributed by atoms with Gasteiger partial charge in [0.25, 0.3) is 0 Å². The molecule has 1 heterocycles. The lowest BCUT2D eigenvalue weighted by atomic mass is 10.1. The van der Waals surface area contributed by atoms with Crippen molar-refractivity contribution in [3.8, 4) is 11.5 Å². The first-order valence-corrected chi connectivity index (χ1v) is 5.37. The molecule has 3 rings (SSSR count). The molecule has 0 saturated heterocycles. The van der Waals surface area contributed by atoms with Gasteiger partial charge in [-0.2, -0.15) is 0 Å². The largest absolute Gasteiger partial charge is 0.457 e. The third-order valence-corrected chi connectivity index (χ3v) is 2.60. The lowest BCUT2D eigenvalue weighted by Crippen LogP contribution is -1.96. The van der Waals surface area contributed by atoms with Crippen LogP contribution in [0.5, 0.6) is 11.5 Å². The quantitative estimate of drug-likeness (QED) is 0.598. The van der Waals surface area contributed by atoms with Gasteiger partial charge in [0, 0.05) is 0 Å². The fourth-order valence-corrected chi connectivity index (χ4v) is 1.75. The molecule has 2 aromatic rings. The second-order valence-electron chi connectivity index (χ2n) is 3.80. The first-order chi connectivity index (χ1) is 8.74. The van der Waals surface area contributed by atoms with Crippen LogP contribution in [0.2, 0.25) is 0 Å². The predicted octanol–water partition coefficient (Wildman–Crippen LogP) is 2.79. The van der Waals surface area contributed by atoms with Gasteiger partial charge in [-0.25, -0.2) is 9.59 Å². The van der Waals surface area contributed by atoms with Gasteiger partial charge in [0.05, 0.1) is 11.1 Å². The summed E-state index contributed by atoms with van der Waals surface area (Å²) >= 11 is 0. The number of esters is 2. The van der Waals surface area contributed by atoms with Crippen LogP contribution >= 0.6 is 0 Å². The van der Waals surface area contributed by atoms with E-state index in [0.29, 0.717) is 11.5 Å². The maximum Gasteiger partial charge on any atom is 0.347 e. The number of rotatable bonds is 2. The third-order valence-electron chi connectivity index (χ3n) is 2.60. The van der Waals surface area contributed by atoms with Crippen LogP contribution in [0.25, 0.3) is 0 Å². The van der Waals surface area contributed by atoms with Gasteiger partial charge >= 0.3 is 11.9 Å². The highest BCUT2D eigenvalue weighted by molar-refractivity contribution is 6.14. The molecule has 0 bridgehead atoms. The van der Waals surface area contributed by atoms with Crippen molar-refractivity contribution < 1.29 is 19.1 Å². The second-order valence-corrected chi connectivity index (χ2v) is 3.80. The van der Waals surface area contributed by atoms with Gasteiger partial charge in [-0.3, -0.25) is 0 Å². The molecule has 0 amide bonds. The molecule has 0 aromatic heterocycles. The minimum Gasteiger partial charge on any atom is -0.457 e. The van der Waals surface area contributed by atoms with E-state index in [0.717, 1.165) is 0 Å². The summed E-state index contributed by atoms with van der Waals surface area (Å²) in [6.07, 6.45) is 0. The van der Waals surface area contributed by atoms with E-state index >= 15 is 0 Å². The highest BCUT2D eigenvalue weighted by Crippen LogP contribution is 2.27. The van der Waals surface area contributed by atoms with Crippen molar-refractivity contribution in [1.82, 2.24) is 0 Å². The zero-order valence-corrected chi connectivity index (χ0v) is 9.25. The van der Waals surface area contributed by atoms with E-state index in [1.54, 1.807) is 18.2 Å². The van der Waals surface area contributed by atoms with Crippen LogP contribution in [0.1, 0.15) is 20.7 Å². The van der Waals surface area contributed by atoms with E-state index in [1.807, 2.05) is 18.2 Å². The van der Waals surface area contributed by atoms with Gasteiger partial charge in [-0.15, -0.1) is 0 Å². The number of para-hydroxylation sites is 1. The Morgan fingerprint density at radius 3 is 2.28 bits per heavy atom. The van der Waals surface area contributed by atoms with E-state index < -0.39 is 11.9 Å². The molecule has 4 nitrogen and oxygen atoms in total. The van der Waals surface area contributed by atoms with E-state index in [9.17, 15) is 9.59 Å². The Bertz CT molecular complexity index is 631. The molecular weight excluding hydrogens is 232 g/mol. The molecule has 2 aromatic carbocycles. The fraction of sp³-hybridized carbons (Fsp3) is 0. The van der Waals surface area contributed by atoms with Gasteiger partial charge in [0.15, 0.2) is 0 Å². The minimum atomic E-state index is -0.631. The maximum absolute atomic E-state index is 11.4. The molecule has 0 N–H and O–H groups in total. The normalized spacial score (nSPS) is 13.1. The van der Waals surface area contributed by atoms with Crippen molar-refractivity contribution in [3.05, 3.63) is 59.7 Å². The van der Waals surface area contributed by atoms with Crippen LogP contribution in [0.3, 0.4) is 0 Å². The van der Waals surface area contributed by atoms with E-state index in [1.165, 1.54) is 12.1 Å². The number of ether oxygens (including phenoxy) is 2. The average molecular weight is 240 g/mol. The summed E-state index contributed by atoms with van der Waals surface area (Å²) in [5, 5.41) is 0. The Hall–Kier alpha value is -2.62. The summed E-state index contributed by atoms with van der Waals surface area (Å²) in [4.78, 5) is 22.6. The molecule has 88 valence electrons. The number of carbonyl (C=O) groups excluding carboxylic acids is 2. The zero-order valence-electron chi connectivity index (χ0n) is 9.25. The number of hydrogen-bond acceptors (Lipinski definition) is 4. The molecule has 0 radical (unpaired) electrons. The number of fused-ring (bicyclic) bond motifs is 1. The Kier molecular flexibility index (Phi) is 2.34. The Balaban J connectivity index is 1.94. The van der Waals surface area contributed by atoms with E-state index in [2.05, 4.69) is 4.74 Å². The molecule has 1 aliphatic rings. The molecule has 0 saturated carbocycles. The highest BCUT2D eigenvalue weighted by atomic mass is 16.6. The van der Waals surface area contributed by atoms with Crippen molar-refractivity contribution in [2.75, 3.05) is 0 Å². The van der Waals surface area contributed by atoms with E-state index in [4.69, 9.17) is 4.74 Å². The average Bonchev–Trinajstić information content (AvgIpc) is 2.66. The molecule has 1 aliphatic heterocycles. The summed E-state index contributed by atoms with van der Waals surface area (Å²) in [5.41, 5.74) is 0.522. The van der Waals surface area contributed by atoms with Crippen LogP contribution in [-0.4, -0.2) is 11.9 Å². The number of carbonyl (C=O) groups is 2. The van der Waals surface area contributed by atoms with Crippen molar-refractivity contribution in [1.29, 1.82) is 0 Å². The zero-order chi connectivity index (χ0) is 12.5. The molecule has 0 unspecified atom stereocenters. The number of hydrogen-bond donors (Lipinski definition) is 0. The van der Waals surface area contributed by atoms with Crippen LogP contribution in [0, 0.1) is 0 Å². The first kappa shape index (κ1) is 10.5. The van der Waals surface area contributed by atoms with Crippen molar-refractivity contribution in [2.24, 2.45) is 0 Å². The summed E-state index contributed by atoms with van der Waals surface area (Å²) in [6.45, 7) is 0. The molecule has 4 heteroatoms. The maximum atomic E-state index is 11.4. The summed E-state index contributed by atoms with van der Waals surface area (Å²) in [7, 11) is 0. The van der Waals surface area contributed by atoms with Crippen LogP contribution in [0.4, 0.5) is 0 Å². The predicted molar refractivity (Wildman–Crippen MR) is 62.7 cm³/mol. The van der Waals surface area contributed by atoms with Crippen molar-refractivity contribution in [3.63, 3.8) is 0 Å². The Morgan fingerprint density at radius 2 is 1.50 bits per heavy atom. The van der Waals surface area contributed by atoms with Crippen LogP contribution < -0.4 is 4.74 Å². The summed E-state index contributed by atoms with van der Waals surface area (Å²) in [6, 6.07) is 13.8. The van der Waals surface area contributed by atoms with Gasteiger partial charge in [-0.1, -0.05) is 18.2 Å². The second kappa shape index (κ2) is 4.00. The smallest absolute Gasteiger partial charge is 0.347 e. The van der Waals surface area contributed by atoms with Crippen molar-refractivity contribution >= 4 is 11.9 Å². The molecule has 18 heavy (non-hydrogen) atoms. The molecule has 0 aliphatic carbocycles. The Morgan fingerprint density at radius 1 is 0.778 bits per heavy atom.